The van der Waals surface area contributed by atoms with Gasteiger partial charge in [0.2, 0.25) is 0 Å². The first-order valence-corrected chi connectivity index (χ1v) is 8.06. The third-order valence-electron chi connectivity index (χ3n) is 3.33. The number of fused-ring (bicyclic) bond motifs is 1. The fraction of sp³-hybridized carbons (Fsp3) is 0.133. The highest BCUT2D eigenvalue weighted by Gasteiger charge is 2.29. The molecule has 1 aliphatic rings. The molecular formula is C15H12F2N2O2S. The molecule has 2 aromatic rings. The van der Waals surface area contributed by atoms with Gasteiger partial charge in [-0.2, -0.15) is 0 Å². The Bertz CT molecular complexity index is 864. The maximum absolute atomic E-state index is 13.5. The minimum atomic E-state index is -3.57. The van der Waals surface area contributed by atoms with E-state index < -0.39 is 21.7 Å². The zero-order valence-corrected chi connectivity index (χ0v) is 12.2. The first kappa shape index (κ1) is 14.6. The van der Waals surface area contributed by atoms with Gasteiger partial charge in [-0.15, -0.1) is 0 Å². The van der Waals surface area contributed by atoms with Crippen molar-refractivity contribution in [2.24, 2.45) is 4.99 Å². The molecule has 0 fully saturated rings. The molecule has 0 atom stereocenters. The van der Waals surface area contributed by atoms with E-state index in [0.717, 1.165) is 6.07 Å². The summed E-state index contributed by atoms with van der Waals surface area (Å²) in [4.78, 5) is 4.37. The average Bonchev–Trinajstić information content (AvgIpc) is 2.73. The van der Waals surface area contributed by atoms with Crippen LogP contribution in [0, 0.1) is 11.6 Å². The highest BCUT2D eigenvalue weighted by Crippen LogP contribution is 2.22. The van der Waals surface area contributed by atoms with Crippen LogP contribution in [0.4, 0.5) is 8.78 Å². The number of rotatable bonds is 3. The van der Waals surface area contributed by atoms with Crippen molar-refractivity contribution in [3.63, 3.8) is 0 Å². The summed E-state index contributed by atoms with van der Waals surface area (Å²) in [6.45, 7) is 0.189. The van der Waals surface area contributed by atoms with Crippen molar-refractivity contribution in [2.45, 2.75) is 11.3 Å². The number of hydrogen-bond donors (Lipinski definition) is 1. The van der Waals surface area contributed by atoms with Crippen molar-refractivity contribution in [2.75, 3.05) is 6.54 Å². The highest BCUT2D eigenvalue weighted by atomic mass is 32.2. The van der Waals surface area contributed by atoms with E-state index in [9.17, 15) is 17.2 Å². The SMILES string of the molecule is O=S1(=O)NC(=NCCc2ccc(F)cc2F)c2ccccc21. The number of hydrogen-bond acceptors (Lipinski definition) is 3. The van der Waals surface area contributed by atoms with Crippen LogP contribution in [-0.2, 0) is 16.4 Å². The van der Waals surface area contributed by atoms with E-state index in [4.69, 9.17) is 0 Å². The van der Waals surface area contributed by atoms with Crippen LogP contribution >= 0.6 is 0 Å². The van der Waals surface area contributed by atoms with E-state index in [1.54, 1.807) is 18.2 Å². The summed E-state index contributed by atoms with van der Waals surface area (Å²) in [5, 5.41) is 0. The van der Waals surface area contributed by atoms with Crippen molar-refractivity contribution in [1.29, 1.82) is 0 Å². The van der Waals surface area contributed by atoms with E-state index >= 15 is 0 Å². The molecule has 0 spiro atoms. The fourth-order valence-corrected chi connectivity index (χ4v) is 3.51. The van der Waals surface area contributed by atoms with E-state index in [0.29, 0.717) is 11.1 Å². The third kappa shape index (κ3) is 2.71. The van der Waals surface area contributed by atoms with Crippen molar-refractivity contribution in [1.82, 2.24) is 4.72 Å². The number of nitrogens with zero attached hydrogens (tertiary/aromatic N) is 1. The predicted molar refractivity (Wildman–Crippen MR) is 78.2 cm³/mol. The van der Waals surface area contributed by atoms with Crippen molar-refractivity contribution >= 4 is 15.9 Å². The molecule has 0 radical (unpaired) electrons. The Morgan fingerprint density at radius 2 is 1.86 bits per heavy atom. The first-order valence-electron chi connectivity index (χ1n) is 6.58. The van der Waals surface area contributed by atoms with Gasteiger partial charge in [-0.25, -0.2) is 17.2 Å². The molecule has 22 heavy (non-hydrogen) atoms. The van der Waals surface area contributed by atoms with Crippen LogP contribution < -0.4 is 4.72 Å². The molecule has 0 amide bonds. The number of halogens is 2. The molecule has 4 nitrogen and oxygen atoms in total. The van der Waals surface area contributed by atoms with Crippen LogP contribution in [0.3, 0.4) is 0 Å². The summed E-state index contributed by atoms with van der Waals surface area (Å²) < 4.78 is 52.5. The van der Waals surface area contributed by atoms with Gasteiger partial charge in [0.1, 0.15) is 17.5 Å². The van der Waals surface area contributed by atoms with E-state index in [2.05, 4.69) is 9.71 Å². The van der Waals surface area contributed by atoms with Crippen LogP contribution in [0.2, 0.25) is 0 Å². The molecular weight excluding hydrogens is 310 g/mol. The summed E-state index contributed by atoms with van der Waals surface area (Å²) in [6.07, 6.45) is 0.250. The first-order chi connectivity index (χ1) is 10.5. The summed E-state index contributed by atoms with van der Waals surface area (Å²) in [7, 11) is -3.57. The summed E-state index contributed by atoms with van der Waals surface area (Å²) >= 11 is 0. The Morgan fingerprint density at radius 1 is 1.09 bits per heavy atom. The molecule has 114 valence electrons. The molecule has 0 saturated carbocycles. The van der Waals surface area contributed by atoms with Crippen molar-refractivity contribution in [3.8, 4) is 0 Å². The van der Waals surface area contributed by atoms with Gasteiger partial charge in [0.05, 0.1) is 4.90 Å². The Balaban J connectivity index is 1.80. The lowest BCUT2D eigenvalue weighted by molar-refractivity contribution is 0.572. The van der Waals surface area contributed by atoms with E-state index in [1.165, 1.54) is 18.2 Å². The topological polar surface area (TPSA) is 58.5 Å². The van der Waals surface area contributed by atoms with Crippen LogP contribution in [-0.4, -0.2) is 20.8 Å². The number of sulfonamides is 1. The predicted octanol–water partition coefficient (Wildman–Crippen LogP) is 2.25. The molecule has 0 saturated heterocycles. The monoisotopic (exact) mass is 322 g/mol. The Hall–Kier alpha value is -2.28. The lowest BCUT2D eigenvalue weighted by atomic mass is 10.1. The second-order valence-electron chi connectivity index (χ2n) is 4.82. The molecule has 7 heteroatoms. The smallest absolute Gasteiger partial charge is 0.263 e. The number of benzene rings is 2. The Labute approximate surface area is 126 Å². The highest BCUT2D eigenvalue weighted by molar-refractivity contribution is 7.90. The minimum absolute atomic E-state index is 0.182. The lowest BCUT2D eigenvalue weighted by Gasteiger charge is -2.02. The second-order valence-corrected chi connectivity index (χ2v) is 6.47. The van der Waals surface area contributed by atoms with Gasteiger partial charge in [0.25, 0.3) is 10.0 Å². The van der Waals surface area contributed by atoms with Crippen molar-refractivity contribution < 1.29 is 17.2 Å². The molecule has 1 N–H and O–H groups in total. The Kier molecular flexibility index (Phi) is 3.66. The van der Waals surface area contributed by atoms with Gasteiger partial charge in [-0.05, 0) is 30.2 Å². The van der Waals surface area contributed by atoms with Gasteiger partial charge in [0.15, 0.2) is 0 Å². The third-order valence-corrected chi connectivity index (χ3v) is 4.73. The summed E-state index contributed by atoms with van der Waals surface area (Å²) in [5.41, 5.74) is 0.835. The lowest BCUT2D eigenvalue weighted by Crippen LogP contribution is -2.22. The molecule has 0 aliphatic carbocycles. The van der Waals surface area contributed by atoms with Gasteiger partial charge < -0.3 is 0 Å². The van der Waals surface area contributed by atoms with Crippen LogP contribution in [0.15, 0.2) is 52.4 Å². The maximum atomic E-state index is 13.5. The van der Waals surface area contributed by atoms with Crippen LogP contribution in [0.1, 0.15) is 11.1 Å². The van der Waals surface area contributed by atoms with Gasteiger partial charge in [-0.3, -0.25) is 9.71 Å². The zero-order chi connectivity index (χ0) is 15.7. The van der Waals surface area contributed by atoms with Gasteiger partial charge in [0, 0.05) is 18.2 Å². The van der Waals surface area contributed by atoms with Crippen LogP contribution in [0.25, 0.3) is 0 Å². The quantitative estimate of drug-likeness (QED) is 0.942. The maximum Gasteiger partial charge on any atom is 0.263 e. The standard InChI is InChI=1S/C15H12F2N2O2S/c16-11-6-5-10(13(17)9-11)7-8-18-15-12-3-1-2-4-14(12)22(20,21)19-15/h1-6,9H,7-8H2,(H,18,19). The second kappa shape index (κ2) is 5.49. The Morgan fingerprint density at radius 3 is 2.64 bits per heavy atom. The van der Waals surface area contributed by atoms with Gasteiger partial charge in [-0.1, -0.05) is 18.2 Å². The molecule has 1 aliphatic heterocycles. The average molecular weight is 322 g/mol. The van der Waals surface area contributed by atoms with E-state index in [1.807, 2.05) is 0 Å². The van der Waals surface area contributed by atoms with Crippen molar-refractivity contribution in [3.05, 3.63) is 65.2 Å². The normalized spacial score (nSPS) is 17.3. The van der Waals surface area contributed by atoms with Gasteiger partial charge >= 0.3 is 0 Å². The number of amidine groups is 1. The minimum Gasteiger partial charge on any atom is -0.267 e. The van der Waals surface area contributed by atoms with Crippen LogP contribution in [0.5, 0.6) is 0 Å². The molecule has 3 rings (SSSR count). The number of aliphatic imine (C=N–C) groups is 1. The fourth-order valence-electron chi connectivity index (χ4n) is 2.26. The largest absolute Gasteiger partial charge is 0.267 e. The summed E-state index contributed by atoms with van der Waals surface area (Å²) in [6, 6.07) is 9.86. The molecule has 0 aromatic heterocycles. The molecule has 0 bridgehead atoms. The van der Waals surface area contributed by atoms with E-state index in [-0.39, 0.29) is 23.7 Å². The number of nitrogens with one attached hydrogen (secondary N) is 1. The molecule has 1 heterocycles. The molecule has 0 unspecified atom stereocenters. The summed E-state index contributed by atoms with van der Waals surface area (Å²) in [5.74, 6) is -1.02. The molecule has 2 aromatic carbocycles. The zero-order valence-electron chi connectivity index (χ0n) is 11.4.